The molecule has 0 aromatic rings. The molecule has 2 nitrogen and oxygen atoms in total. The zero-order valence-electron chi connectivity index (χ0n) is 8.37. The van der Waals surface area contributed by atoms with Gasteiger partial charge in [0.15, 0.2) is 0 Å². The summed E-state index contributed by atoms with van der Waals surface area (Å²) in [7, 11) is 0. The molecule has 0 aliphatic rings. The molecule has 15 heavy (non-hydrogen) atoms. The van der Waals surface area contributed by atoms with E-state index in [4.69, 9.17) is 11.5 Å². The van der Waals surface area contributed by atoms with E-state index in [-0.39, 0.29) is 6.92 Å². The minimum atomic E-state index is -4.17. The molecule has 0 saturated carbocycles. The van der Waals surface area contributed by atoms with Gasteiger partial charge in [0.2, 0.25) is 5.67 Å². The van der Waals surface area contributed by atoms with Gasteiger partial charge in [-0.05, 0) is 20.0 Å². The maximum absolute atomic E-state index is 13.4. The van der Waals surface area contributed by atoms with E-state index in [0.717, 1.165) is 0 Å². The van der Waals surface area contributed by atoms with Crippen LogP contribution in [0.15, 0.2) is 0 Å². The van der Waals surface area contributed by atoms with Crippen LogP contribution in [-0.2, 0) is 0 Å². The van der Waals surface area contributed by atoms with Crippen LogP contribution < -0.4 is 11.5 Å². The molecule has 4 N–H and O–H groups in total. The highest BCUT2D eigenvalue weighted by atomic mass is 19.3. The highest BCUT2D eigenvalue weighted by Gasteiger charge is 2.65. The summed E-state index contributed by atoms with van der Waals surface area (Å²) in [5.41, 5.74) is 5.69. The summed E-state index contributed by atoms with van der Waals surface area (Å²) in [6.45, 7) is -0.950. The molecule has 0 aromatic carbocycles. The largest absolute Gasteiger partial charge is 0.330 e. The Hall–Kier alpha value is -0.430. The lowest BCUT2D eigenvalue weighted by Crippen LogP contribution is -2.56. The van der Waals surface area contributed by atoms with Crippen molar-refractivity contribution in [1.29, 1.82) is 0 Å². The van der Waals surface area contributed by atoms with Crippen molar-refractivity contribution in [2.24, 2.45) is 11.5 Å². The lowest BCUT2D eigenvalue weighted by atomic mass is 9.88. The van der Waals surface area contributed by atoms with Gasteiger partial charge in [0.05, 0.1) is 0 Å². The molecule has 0 saturated heterocycles. The fourth-order valence-corrected chi connectivity index (χ4v) is 1.10. The average molecular weight is 234 g/mol. The first-order chi connectivity index (χ1) is 6.62. The highest BCUT2D eigenvalue weighted by Crippen LogP contribution is 2.46. The van der Waals surface area contributed by atoms with E-state index in [2.05, 4.69) is 0 Å². The van der Waals surface area contributed by atoms with Crippen LogP contribution in [0.25, 0.3) is 0 Å². The molecule has 0 unspecified atom stereocenters. The van der Waals surface area contributed by atoms with Crippen molar-refractivity contribution in [2.75, 3.05) is 13.1 Å². The third-order valence-electron chi connectivity index (χ3n) is 2.29. The van der Waals surface area contributed by atoms with Gasteiger partial charge >= 0.3 is 0 Å². The smallest absolute Gasteiger partial charge is 0.288 e. The van der Waals surface area contributed by atoms with E-state index in [1.807, 2.05) is 0 Å². The summed E-state index contributed by atoms with van der Waals surface area (Å²) in [5, 5.41) is 0. The third kappa shape index (κ3) is 2.78. The maximum Gasteiger partial charge on any atom is 0.288 e. The maximum atomic E-state index is 13.4. The molecule has 0 radical (unpaired) electrons. The third-order valence-corrected chi connectivity index (χ3v) is 2.29. The Balaban J connectivity index is 4.93. The molecule has 0 amide bonds. The molecule has 92 valence electrons. The normalized spacial score (nSPS) is 14.4. The van der Waals surface area contributed by atoms with E-state index in [1.165, 1.54) is 0 Å². The molecular weight excluding hydrogens is 219 g/mol. The molecule has 0 aromatic heterocycles. The van der Waals surface area contributed by atoms with Crippen LogP contribution >= 0.6 is 0 Å². The van der Waals surface area contributed by atoms with Crippen molar-refractivity contribution in [3.8, 4) is 0 Å². The van der Waals surface area contributed by atoms with Crippen molar-refractivity contribution >= 4 is 0 Å². The number of halogens is 5. The molecule has 0 bridgehead atoms. The quantitative estimate of drug-likeness (QED) is 0.687. The Kier molecular flexibility index (Phi) is 4.48. The van der Waals surface area contributed by atoms with E-state index in [1.54, 1.807) is 0 Å². The second kappa shape index (κ2) is 4.61. The molecule has 0 rings (SSSR count). The summed E-state index contributed by atoms with van der Waals surface area (Å²) in [5.74, 6) is -8.33. The molecule has 7 heteroatoms. The first-order valence-electron chi connectivity index (χ1n) is 4.47. The SMILES string of the molecule is CC(F)(C(F)(F)CCN)C(F)(F)CCN. The lowest BCUT2D eigenvalue weighted by molar-refractivity contribution is -0.241. The van der Waals surface area contributed by atoms with E-state index < -0.39 is 43.4 Å². The Morgan fingerprint density at radius 2 is 1.07 bits per heavy atom. The lowest BCUT2D eigenvalue weighted by Gasteiger charge is -2.36. The van der Waals surface area contributed by atoms with Crippen molar-refractivity contribution in [1.82, 2.24) is 0 Å². The van der Waals surface area contributed by atoms with Crippen LogP contribution in [-0.4, -0.2) is 30.6 Å². The van der Waals surface area contributed by atoms with Crippen LogP contribution in [0.1, 0.15) is 19.8 Å². The van der Waals surface area contributed by atoms with Gasteiger partial charge in [-0.3, -0.25) is 0 Å². The summed E-state index contributed by atoms with van der Waals surface area (Å²) >= 11 is 0. The van der Waals surface area contributed by atoms with Crippen LogP contribution in [0.4, 0.5) is 22.0 Å². The van der Waals surface area contributed by atoms with Crippen LogP contribution in [0.5, 0.6) is 0 Å². The first kappa shape index (κ1) is 14.6. The summed E-state index contributed by atoms with van der Waals surface area (Å²) in [6, 6.07) is 0. The number of alkyl halides is 5. The van der Waals surface area contributed by atoms with Crippen molar-refractivity contribution in [2.45, 2.75) is 37.3 Å². The molecule has 0 aliphatic carbocycles. The average Bonchev–Trinajstić information content (AvgIpc) is 2.03. The molecule has 0 fully saturated rings. The Morgan fingerprint density at radius 3 is 1.27 bits per heavy atom. The Morgan fingerprint density at radius 1 is 0.800 bits per heavy atom. The molecule has 0 atom stereocenters. The minimum Gasteiger partial charge on any atom is -0.330 e. The van der Waals surface area contributed by atoms with Gasteiger partial charge in [0, 0.05) is 12.8 Å². The topological polar surface area (TPSA) is 52.0 Å². The molecule has 0 aliphatic heterocycles. The van der Waals surface area contributed by atoms with Gasteiger partial charge in [-0.2, -0.15) is 0 Å². The number of rotatable bonds is 6. The van der Waals surface area contributed by atoms with Gasteiger partial charge in [-0.1, -0.05) is 0 Å². The minimum absolute atomic E-state index is 0.179. The summed E-state index contributed by atoms with van der Waals surface area (Å²) in [4.78, 5) is 0. The Labute approximate surface area is 84.8 Å². The highest BCUT2D eigenvalue weighted by molar-refractivity contribution is 5.00. The second-order valence-electron chi connectivity index (χ2n) is 3.49. The van der Waals surface area contributed by atoms with E-state index >= 15 is 0 Å². The van der Waals surface area contributed by atoms with Gasteiger partial charge < -0.3 is 11.5 Å². The number of hydrogen-bond acceptors (Lipinski definition) is 2. The predicted octanol–water partition coefficient (Wildman–Crippen LogP) is 1.68. The molecule has 0 spiro atoms. The zero-order chi connectivity index (χ0) is 12.3. The van der Waals surface area contributed by atoms with Gasteiger partial charge in [0.25, 0.3) is 11.8 Å². The fraction of sp³-hybridized carbons (Fsp3) is 1.00. The van der Waals surface area contributed by atoms with Gasteiger partial charge in [-0.25, -0.2) is 22.0 Å². The first-order valence-corrected chi connectivity index (χ1v) is 4.47. The second-order valence-corrected chi connectivity index (χ2v) is 3.49. The standard InChI is InChI=1S/C8H15F5N2/c1-6(9,7(10,11)2-4-14)8(12,13)3-5-15/h2-5,14-15H2,1H3. The van der Waals surface area contributed by atoms with Crippen molar-refractivity contribution in [3.63, 3.8) is 0 Å². The number of hydrogen-bond donors (Lipinski definition) is 2. The monoisotopic (exact) mass is 234 g/mol. The van der Waals surface area contributed by atoms with E-state index in [0.29, 0.717) is 0 Å². The van der Waals surface area contributed by atoms with Crippen LogP contribution in [0.3, 0.4) is 0 Å². The van der Waals surface area contributed by atoms with Crippen molar-refractivity contribution in [3.05, 3.63) is 0 Å². The zero-order valence-corrected chi connectivity index (χ0v) is 8.37. The van der Waals surface area contributed by atoms with Gasteiger partial charge in [0.1, 0.15) is 0 Å². The van der Waals surface area contributed by atoms with E-state index in [9.17, 15) is 22.0 Å². The molecular formula is C8H15F5N2. The van der Waals surface area contributed by atoms with Crippen LogP contribution in [0, 0.1) is 0 Å². The van der Waals surface area contributed by atoms with Crippen LogP contribution in [0.2, 0.25) is 0 Å². The predicted molar refractivity (Wildman–Crippen MR) is 46.7 cm³/mol. The fourth-order valence-electron chi connectivity index (χ4n) is 1.10. The van der Waals surface area contributed by atoms with Gasteiger partial charge in [-0.15, -0.1) is 0 Å². The summed E-state index contributed by atoms with van der Waals surface area (Å²) < 4.78 is 65.6. The van der Waals surface area contributed by atoms with Crippen molar-refractivity contribution < 1.29 is 22.0 Å². The number of nitrogens with two attached hydrogens (primary N) is 2. The molecule has 0 heterocycles. The summed E-state index contributed by atoms with van der Waals surface area (Å²) in [6.07, 6.45) is -2.25. The Bertz CT molecular complexity index is 185.